The van der Waals surface area contributed by atoms with Crippen LogP contribution in [-0.4, -0.2) is 24.1 Å². The molecule has 1 atom stereocenters. The average Bonchev–Trinajstić information content (AvgIpc) is 2.31. The van der Waals surface area contributed by atoms with E-state index in [0.29, 0.717) is 6.04 Å². The molecule has 0 amide bonds. The van der Waals surface area contributed by atoms with Crippen LogP contribution < -0.4 is 10.6 Å². The summed E-state index contributed by atoms with van der Waals surface area (Å²) < 4.78 is 0. The zero-order chi connectivity index (χ0) is 10.5. The summed E-state index contributed by atoms with van der Waals surface area (Å²) in [6, 6.07) is 4.81. The van der Waals surface area contributed by atoms with E-state index in [9.17, 15) is 0 Å². The first-order chi connectivity index (χ1) is 7.42. The Bertz CT molecular complexity index is 284. The predicted octanol–water partition coefficient (Wildman–Crippen LogP) is 1.79. The molecule has 1 aromatic heterocycles. The van der Waals surface area contributed by atoms with Crippen LogP contribution in [-0.2, 0) is 0 Å². The standard InChI is InChI=1S/C12H19N3/c13-7-4-11-3-1-2-10-15(11)12-5-8-14-9-6-12/h5-6,8-9,11H,1-4,7,10,13H2. The van der Waals surface area contributed by atoms with Crippen LogP contribution in [0.15, 0.2) is 24.5 Å². The van der Waals surface area contributed by atoms with Crippen LogP contribution in [0.2, 0.25) is 0 Å². The van der Waals surface area contributed by atoms with Gasteiger partial charge in [-0.2, -0.15) is 0 Å². The average molecular weight is 205 g/mol. The SMILES string of the molecule is NCCC1CCCCN1c1ccncc1. The Kier molecular flexibility index (Phi) is 3.56. The van der Waals surface area contributed by atoms with E-state index in [-0.39, 0.29) is 0 Å². The van der Waals surface area contributed by atoms with Gasteiger partial charge in [0, 0.05) is 30.7 Å². The molecular formula is C12H19N3. The van der Waals surface area contributed by atoms with Crippen molar-refractivity contribution >= 4 is 5.69 Å². The summed E-state index contributed by atoms with van der Waals surface area (Å²) in [6.07, 6.45) is 8.74. The monoisotopic (exact) mass is 205 g/mol. The zero-order valence-corrected chi connectivity index (χ0v) is 9.10. The van der Waals surface area contributed by atoms with E-state index < -0.39 is 0 Å². The van der Waals surface area contributed by atoms with E-state index in [2.05, 4.69) is 22.0 Å². The molecule has 0 aromatic carbocycles. The van der Waals surface area contributed by atoms with Gasteiger partial charge in [0.2, 0.25) is 0 Å². The summed E-state index contributed by atoms with van der Waals surface area (Å²) in [4.78, 5) is 6.54. The van der Waals surface area contributed by atoms with E-state index in [1.54, 1.807) is 0 Å². The van der Waals surface area contributed by atoms with Crippen LogP contribution in [0.1, 0.15) is 25.7 Å². The highest BCUT2D eigenvalue weighted by molar-refractivity contribution is 5.46. The van der Waals surface area contributed by atoms with E-state index in [0.717, 1.165) is 19.5 Å². The number of rotatable bonds is 3. The molecule has 1 aromatic rings. The normalized spacial score (nSPS) is 21.7. The first-order valence-corrected chi connectivity index (χ1v) is 5.78. The topological polar surface area (TPSA) is 42.1 Å². The maximum absolute atomic E-state index is 5.66. The highest BCUT2D eigenvalue weighted by Gasteiger charge is 2.21. The quantitative estimate of drug-likeness (QED) is 0.818. The minimum absolute atomic E-state index is 0.631. The Morgan fingerprint density at radius 2 is 2.13 bits per heavy atom. The highest BCUT2D eigenvalue weighted by Crippen LogP contribution is 2.25. The minimum atomic E-state index is 0.631. The van der Waals surface area contributed by atoms with Gasteiger partial charge in [-0.3, -0.25) is 4.98 Å². The number of hydrogen-bond acceptors (Lipinski definition) is 3. The molecule has 0 bridgehead atoms. The number of pyridine rings is 1. The van der Waals surface area contributed by atoms with Gasteiger partial charge in [-0.1, -0.05) is 0 Å². The third-order valence-electron chi connectivity index (χ3n) is 3.12. The van der Waals surface area contributed by atoms with Gasteiger partial charge in [0.1, 0.15) is 0 Å². The Morgan fingerprint density at radius 3 is 2.87 bits per heavy atom. The van der Waals surface area contributed by atoms with Gasteiger partial charge in [0.15, 0.2) is 0 Å². The van der Waals surface area contributed by atoms with Crippen molar-refractivity contribution in [2.75, 3.05) is 18.0 Å². The van der Waals surface area contributed by atoms with Crippen LogP contribution in [0.3, 0.4) is 0 Å². The van der Waals surface area contributed by atoms with Crippen LogP contribution in [0, 0.1) is 0 Å². The van der Waals surface area contributed by atoms with Crippen molar-refractivity contribution in [3.05, 3.63) is 24.5 Å². The molecule has 3 heteroatoms. The molecule has 2 heterocycles. The molecule has 2 rings (SSSR count). The Morgan fingerprint density at radius 1 is 1.33 bits per heavy atom. The van der Waals surface area contributed by atoms with Gasteiger partial charge in [0.05, 0.1) is 0 Å². The summed E-state index contributed by atoms with van der Waals surface area (Å²) in [5.74, 6) is 0. The number of aromatic nitrogens is 1. The van der Waals surface area contributed by atoms with Gasteiger partial charge in [0.25, 0.3) is 0 Å². The molecule has 15 heavy (non-hydrogen) atoms. The fraction of sp³-hybridized carbons (Fsp3) is 0.583. The second-order valence-electron chi connectivity index (χ2n) is 4.13. The van der Waals surface area contributed by atoms with Crippen molar-refractivity contribution in [3.63, 3.8) is 0 Å². The van der Waals surface area contributed by atoms with Crippen molar-refractivity contribution in [1.29, 1.82) is 0 Å². The Hall–Kier alpha value is -1.09. The lowest BCUT2D eigenvalue weighted by molar-refractivity contribution is 0.442. The van der Waals surface area contributed by atoms with Crippen molar-refractivity contribution in [2.24, 2.45) is 5.73 Å². The van der Waals surface area contributed by atoms with Gasteiger partial charge in [-0.05, 0) is 44.4 Å². The summed E-state index contributed by atoms with van der Waals surface area (Å²) in [5.41, 5.74) is 6.96. The molecule has 0 aliphatic carbocycles. The molecule has 3 nitrogen and oxygen atoms in total. The van der Waals surface area contributed by atoms with Gasteiger partial charge >= 0.3 is 0 Å². The lowest BCUT2D eigenvalue weighted by Crippen LogP contribution is -2.40. The molecular weight excluding hydrogens is 186 g/mol. The smallest absolute Gasteiger partial charge is 0.0399 e. The minimum Gasteiger partial charge on any atom is -0.368 e. The van der Waals surface area contributed by atoms with E-state index in [1.165, 1.54) is 24.9 Å². The number of piperidine rings is 1. The lowest BCUT2D eigenvalue weighted by Gasteiger charge is -2.37. The van der Waals surface area contributed by atoms with E-state index in [4.69, 9.17) is 5.73 Å². The van der Waals surface area contributed by atoms with Crippen LogP contribution in [0.5, 0.6) is 0 Å². The van der Waals surface area contributed by atoms with E-state index in [1.807, 2.05) is 12.4 Å². The molecule has 0 radical (unpaired) electrons. The zero-order valence-electron chi connectivity index (χ0n) is 9.10. The molecule has 1 aliphatic heterocycles. The maximum Gasteiger partial charge on any atom is 0.0399 e. The molecule has 1 fully saturated rings. The number of nitrogens with two attached hydrogens (primary N) is 1. The number of anilines is 1. The first-order valence-electron chi connectivity index (χ1n) is 5.78. The van der Waals surface area contributed by atoms with Gasteiger partial charge < -0.3 is 10.6 Å². The molecule has 1 unspecified atom stereocenters. The molecule has 0 spiro atoms. The van der Waals surface area contributed by atoms with Crippen molar-refractivity contribution in [2.45, 2.75) is 31.7 Å². The van der Waals surface area contributed by atoms with Crippen molar-refractivity contribution < 1.29 is 0 Å². The first kappa shape index (κ1) is 10.4. The Balaban J connectivity index is 2.11. The molecule has 2 N–H and O–H groups in total. The number of nitrogens with zero attached hydrogens (tertiary/aromatic N) is 2. The molecule has 1 saturated heterocycles. The van der Waals surface area contributed by atoms with Crippen molar-refractivity contribution in [3.8, 4) is 0 Å². The number of hydrogen-bond donors (Lipinski definition) is 1. The van der Waals surface area contributed by atoms with Crippen LogP contribution in [0.4, 0.5) is 5.69 Å². The third-order valence-corrected chi connectivity index (χ3v) is 3.12. The Labute approximate surface area is 91.3 Å². The summed E-state index contributed by atoms with van der Waals surface area (Å²) in [7, 11) is 0. The van der Waals surface area contributed by atoms with Crippen LogP contribution in [0.25, 0.3) is 0 Å². The molecule has 82 valence electrons. The molecule has 0 saturated carbocycles. The summed E-state index contributed by atoms with van der Waals surface area (Å²) in [6.45, 7) is 1.95. The predicted molar refractivity (Wildman–Crippen MR) is 62.9 cm³/mol. The highest BCUT2D eigenvalue weighted by atomic mass is 15.2. The maximum atomic E-state index is 5.66. The van der Waals surface area contributed by atoms with Crippen molar-refractivity contribution in [1.82, 2.24) is 4.98 Å². The fourth-order valence-electron chi connectivity index (χ4n) is 2.37. The second-order valence-corrected chi connectivity index (χ2v) is 4.13. The largest absolute Gasteiger partial charge is 0.368 e. The van der Waals surface area contributed by atoms with Gasteiger partial charge in [-0.15, -0.1) is 0 Å². The lowest BCUT2D eigenvalue weighted by atomic mass is 9.99. The second kappa shape index (κ2) is 5.12. The fourth-order valence-corrected chi connectivity index (χ4v) is 2.37. The van der Waals surface area contributed by atoms with Crippen LogP contribution >= 0.6 is 0 Å². The van der Waals surface area contributed by atoms with Gasteiger partial charge in [-0.25, -0.2) is 0 Å². The molecule has 1 aliphatic rings. The third kappa shape index (κ3) is 2.48. The summed E-state index contributed by atoms with van der Waals surface area (Å²) >= 11 is 0. The van der Waals surface area contributed by atoms with E-state index >= 15 is 0 Å². The summed E-state index contributed by atoms with van der Waals surface area (Å²) in [5, 5.41) is 0.